The largest absolute Gasteiger partial charge is 0.393 e. The fraction of sp³-hybridized carbons (Fsp3) is 0.520. The molecule has 6 nitrogen and oxygen atoms in total. The van der Waals surface area contributed by atoms with Crippen LogP contribution in [0.4, 0.5) is 0 Å². The summed E-state index contributed by atoms with van der Waals surface area (Å²) in [6, 6.07) is 20.3. The first-order valence-electron chi connectivity index (χ1n) is 11.1. The van der Waals surface area contributed by atoms with E-state index in [1.807, 2.05) is 62.4 Å². The third-order valence-corrected chi connectivity index (χ3v) is 6.36. The first-order valence-corrected chi connectivity index (χ1v) is 11.1. The van der Waals surface area contributed by atoms with Crippen LogP contribution in [0.3, 0.4) is 0 Å². The molecule has 0 aliphatic carbocycles. The lowest BCUT2D eigenvalue weighted by Gasteiger charge is -2.39. The molecule has 3 aliphatic rings. The Morgan fingerprint density at radius 1 is 0.968 bits per heavy atom. The number of benzene rings is 2. The van der Waals surface area contributed by atoms with Crippen LogP contribution in [0, 0.1) is 0 Å². The van der Waals surface area contributed by atoms with Crippen LogP contribution < -0.4 is 5.32 Å². The molecule has 0 unspecified atom stereocenters. The van der Waals surface area contributed by atoms with Crippen molar-refractivity contribution < 1.29 is 24.1 Å². The highest BCUT2D eigenvalue weighted by Gasteiger charge is 2.57. The van der Waals surface area contributed by atoms with E-state index in [2.05, 4.69) is 17.4 Å². The van der Waals surface area contributed by atoms with Gasteiger partial charge >= 0.3 is 0 Å². The van der Waals surface area contributed by atoms with Gasteiger partial charge in [0.1, 0.15) is 18.3 Å². The minimum absolute atomic E-state index is 0.0621. The normalized spacial score (nSPS) is 36.9. The van der Waals surface area contributed by atoms with E-state index < -0.39 is 18.2 Å². The Hall–Kier alpha value is -1.80. The minimum atomic E-state index is -0.708. The number of fused-ring (bicyclic) bond motifs is 1. The van der Waals surface area contributed by atoms with Crippen molar-refractivity contribution in [2.75, 3.05) is 0 Å². The maximum atomic E-state index is 10.7. The quantitative estimate of drug-likeness (QED) is 0.766. The Morgan fingerprint density at radius 2 is 1.68 bits per heavy atom. The number of hydrogen-bond donors (Lipinski definition) is 2. The molecule has 0 bridgehead atoms. The zero-order valence-electron chi connectivity index (χ0n) is 18.0. The molecule has 0 amide bonds. The summed E-state index contributed by atoms with van der Waals surface area (Å²) in [7, 11) is 0. The van der Waals surface area contributed by atoms with Crippen LogP contribution in [0.25, 0.3) is 0 Å². The van der Waals surface area contributed by atoms with Crippen LogP contribution in [-0.2, 0) is 25.6 Å². The van der Waals surface area contributed by atoms with E-state index in [0.717, 1.165) is 5.56 Å². The van der Waals surface area contributed by atoms with Gasteiger partial charge in [0.25, 0.3) is 0 Å². The molecule has 2 N–H and O–H groups in total. The Labute approximate surface area is 183 Å². The zero-order valence-corrected chi connectivity index (χ0v) is 18.0. The second-order valence-corrected chi connectivity index (χ2v) is 9.19. The van der Waals surface area contributed by atoms with Gasteiger partial charge in [0, 0.05) is 12.1 Å². The van der Waals surface area contributed by atoms with Crippen molar-refractivity contribution >= 4 is 0 Å². The molecule has 0 spiro atoms. The molecule has 0 radical (unpaired) electrons. The molecule has 3 heterocycles. The minimum Gasteiger partial charge on any atom is -0.393 e. The molecular weight excluding hydrogens is 394 g/mol. The Balaban J connectivity index is 1.35. The summed E-state index contributed by atoms with van der Waals surface area (Å²) in [6.45, 7) is 4.26. The zero-order chi connectivity index (χ0) is 21.4. The summed E-state index contributed by atoms with van der Waals surface area (Å²) in [6.07, 6.45) is -0.496. The third kappa shape index (κ3) is 4.55. The van der Waals surface area contributed by atoms with Gasteiger partial charge in [-0.15, -0.1) is 0 Å². The van der Waals surface area contributed by atoms with Crippen molar-refractivity contribution in [3.05, 3.63) is 71.8 Å². The average molecular weight is 426 g/mol. The molecule has 166 valence electrons. The van der Waals surface area contributed by atoms with E-state index >= 15 is 0 Å². The number of piperidine rings is 1. The van der Waals surface area contributed by atoms with E-state index in [-0.39, 0.29) is 30.4 Å². The lowest BCUT2D eigenvalue weighted by atomic mass is 9.87. The van der Waals surface area contributed by atoms with E-state index in [0.29, 0.717) is 19.4 Å². The van der Waals surface area contributed by atoms with Gasteiger partial charge in [0.05, 0.1) is 12.7 Å². The molecule has 0 aromatic heterocycles. The molecule has 0 saturated carbocycles. The topological polar surface area (TPSA) is 69.2 Å². The number of aliphatic hydroxyl groups is 1. The average Bonchev–Trinajstić information content (AvgIpc) is 3.25. The summed E-state index contributed by atoms with van der Waals surface area (Å²) in [5.74, 6) is -0.708. The molecule has 2 aromatic rings. The molecule has 3 fully saturated rings. The van der Waals surface area contributed by atoms with Crippen molar-refractivity contribution in [1.82, 2.24) is 5.32 Å². The SMILES string of the molecule is CC1(C)O[C@H]2O[C@H]([C@@H]3C[C@H](O)C[C@@H](c4ccccc4)N3)[C@H](OCc3ccccc3)[C@H]2O1. The maximum absolute atomic E-state index is 10.7. The van der Waals surface area contributed by atoms with Crippen LogP contribution in [0.5, 0.6) is 0 Å². The monoisotopic (exact) mass is 425 g/mol. The molecule has 6 heteroatoms. The van der Waals surface area contributed by atoms with E-state index in [1.165, 1.54) is 5.56 Å². The van der Waals surface area contributed by atoms with Gasteiger partial charge < -0.3 is 29.4 Å². The van der Waals surface area contributed by atoms with Gasteiger partial charge in [-0.2, -0.15) is 0 Å². The number of aliphatic hydroxyl groups excluding tert-OH is 1. The summed E-state index contributed by atoms with van der Waals surface area (Å²) in [5.41, 5.74) is 2.27. The predicted octanol–water partition coefficient (Wildman–Crippen LogP) is 3.30. The van der Waals surface area contributed by atoms with Gasteiger partial charge in [-0.1, -0.05) is 60.7 Å². The fourth-order valence-electron chi connectivity index (χ4n) is 4.99. The third-order valence-electron chi connectivity index (χ3n) is 6.36. The predicted molar refractivity (Wildman–Crippen MR) is 115 cm³/mol. The van der Waals surface area contributed by atoms with Crippen LogP contribution in [0.1, 0.15) is 43.9 Å². The van der Waals surface area contributed by atoms with Gasteiger partial charge in [-0.3, -0.25) is 0 Å². The number of ether oxygens (including phenoxy) is 4. The van der Waals surface area contributed by atoms with E-state index in [4.69, 9.17) is 18.9 Å². The van der Waals surface area contributed by atoms with E-state index in [1.54, 1.807) is 0 Å². The molecule has 3 aliphatic heterocycles. The lowest BCUT2D eigenvalue weighted by molar-refractivity contribution is -0.224. The highest BCUT2D eigenvalue weighted by molar-refractivity contribution is 5.20. The fourth-order valence-corrected chi connectivity index (χ4v) is 4.99. The smallest absolute Gasteiger partial charge is 0.190 e. The van der Waals surface area contributed by atoms with Crippen molar-refractivity contribution in [3.8, 4) is 0 Å². The van der Waals surface area contributed by atoms with Crippen LogP contribution >= 0.6 is 0 Å². The molecule has 7 atom stereocenters. The molecule has 5 rings (SSSR count). The molecule has 2 aromatic carbocycles. The number of nitrogens with one attached hydrogen (secondary N) is 1. The standard InChI is InChI=1S/C25H31NO5/c1-25(2)30-23-22(28-15-16-9-5-3-6-10-16)21(29-24(23)31-25)20-14-18(27)13-19(26-20)17-11-7-4-8-12-17/h3-12,18-24,26-27H,13-15H2,1-2H3/t18-,19+,20+,21-,22+,23-,24-/m1/s1. The Bertz CT molecular complexity index is 861. The molecule has 3 saturated heterocycles. The van der Waals surface area contributed by atoms with Crippen molar-refractivity contribution in [2.45, 2.75) is 81.9 Å². The Morgan fingerprint density at radius 3 is 2.42 bits per heavy atom. The molecular formula is C25H31NO5. The first-order chi connectivity index (χ1) is 15.0. The highest BCUT2D eigenvalue weighted by atomic mass is 16.8. The lowest BCUT2D eigenvalue weighted by Crippen LogP contribution is -2.53. The summed E-state index contributed by atoms with van der Waals surface area (Å²) < 4.78 is 24.9. The van der Waals surface area contributed by atoms with Gasteiger partial charge in [0.15, 0.2) is 12.1 Å². The summed E-state index contributed by atoms with van der Waals surface area (Å²) in [5, 5.41) is 14.4. The van der Waals surface area contributed by atoms with Crippen molar-refractivity contribution in [3.63, 3.8) is 0 Å². The second-order valence-electron chi connectivity index (χ2n) is 9.19. The van der Waals surface area contributed by atoms with Crippen molar-refractivity contribution in [2.24, 2.45) is 0 Å². The first kappa shape index (κ1) is 21.1. The van der Waals surface area contributed by atoms with Crippen molar-refractivity contribution in [1.29, 1.82) is 0 Å². The van der Waals surface area contributed by atoms with Crippen LogP contribution in [-0.4, -0.2) is 47.6 Å². The Kier molecular flexibility index (Phi) is 5.86. The number of hydrogen-bond acceptors (Lipinski definition) is 6. The maximum Gasteiger partial charge on any atom is 0.190 e. The highest BCUT2D eigenvalue weighted by Crippen LogP contribution is 2.42. The molecule has 31 heavy (non-hydrogen) atoms. The summed E-state index contributed by atoms with van der Waals surface area (Å²) in [4.78, 5) is 0. The van der Waals surface area contributed by atoms with Crippen LogP contribution in [0.15, 0.2) is 60.7 Å². The van der Waals surface area contributed by atoms with Gasteiger partial charge in [-0.05, 0) is 37.8 Å². The van der Waals surface area contributed by atoms with Crippen LogP contribution in [0.2, 0.25) is 0 Å². The second kappa shape index (κ2) is 8.62. The summed E-state index contributed by atoms with van der Waals surface area (Å²) >= 11 is 0. The van der Waals surface area contributed by atoms with E-state index in [9.17, 15) is 5.11 Å². The number of rotatable bonds is 5. The van der Waals surface area contributed by atoms with Gasteiger partial charge in [0.2, 0.25) is 0 Å². The van der Waals surface area contributed by atoms with Gasteiger partial charge in [-0.25, -0.2) is 0 Å².